The van der Waals surface area contributed by atoms with Crippen molar-refractivity contribution in [3.63, 3.8) is 0 Å². The summed E-state index contributed by atoms with van der Waals surface area (Å²) in [6, 6.07) is 1.21. The van der Waals surface area contributed by atoms with E-state index < -0.39 is 6.17 Å². The Kier molecular flexibility index (Phi) is 4.32. The lowest BCUT2D eigenvalue weighted by Gasteiger charge is -2.38. The molecule has 84 valence electrons. The fourth-order valence-corrected chi connectivity index (χ4v) is 2.08. The van der Waals surface area contributed by atoms with Crippen molar-refractivity contribution in [1.29, 1.82) is 0 Å². The van der Waals surface area contributed by atoms with Crippen LogP contribution >= 0.6 is 0 Å². The summed E-state index contributed by atoms with van der Waals surface area (Å²) in [5.74, 6) is 0. The maximum absolute atomic E-state index is 13.4. The van der Waals surface area contributed by atoms with Crippen LogP contribution in [-0.4, -0.2) is 42.3 Å². The smallest absolute Gasteiger partial charge is 0.114 e. The average molecular weight is 202 g/mol. The van der Waals surface area contributed by atoms with Crippen LogP contribution in [0.1, 0.15) is 34.1 Å². The van der Waals surface area contributed by atoms with Gasteiger partial charge in [-0.05, 0) is 20.3 Å². The highest BCUT2D eigenvalue weighted by molar-refractivity contribution is 4.85. The van der Waals surface area contributed by atoms with Gasteiger partial charge in [0.15, 0.2) is 0 Å². The fraction of sp³-hybridized carbons (Fsp3) is 1.00. The van der Waals surface area contributed by atoms with Crippen molar-refractivity contribution < 1.29 is 4.39 Å². The summed E-state index contributed by atoms with van der Waals surface area (Å²) in [7, 11) is 0. The van der Waals surface area contributed by atoms with Gasteiger partial charge >= 0.3 is 0 Å². The van der Waals surface area contributed by atoms with Gasteiger partial charge in [0.2, 0.25) is 0 Å². The second kappa shape index (κ2) is 5.08. The summed E-state index contributed by atoms with van der Waals surface area (Å²) >= 11 is 0. The third-order valence-corrected chi connectivity index (χ3v) is 2.73. The van der Waals surface area contributed by atoms with Crippen molar-refractivity contribution in [1.82, 2.24) is 10.2 Å². The predicted octanol–water partition coefficient (Wildman–Crippen LogP) is 1.81. The van der Waals surface area contributed by atoms with Crippen LogP contribution in [0.15, 0.2) is 0 Å². The molecule has 3 heteroatoms. The van der Waals surface area contributed by atoms with Crippen LogP contribution in [0.5, 0.6) is 0 Å². The molecule has 14 heavy (non-hydrogen) atoms. The number of hydrogen-bond acceptors (Lipinski definition) is 2. The van der Waals surface area contributed by atoms with E-state index in [0.29, 0.717) is 31.1 Å². The Bertz CT molecular complexity index is 169. The largest absolute Gasteiger partial charge is 0.310 e. The van der Waals surface area contributed by atoms with Crippen molar-refractivity contribution in [2.45, 2.75) is 58.4 Å². The molecule has 0 aliphatic carbocycles. The quantitative estimate of drug-likeness (QED) is 0.751. The van der Waals surface area contributed by atoms with E-state index >= 15 is 0 Å². The summed E-state index contributed by atoms with van der Waals surface area (Å²) in [4.78, 5) is 2.22. The van der Waals surface area contributed by atoms with E-state index in [1.54, 1.807) is 0 Å². The molecule has 1 saturated heterocycles. The standard InChI is InChI=1S/C11H23FN2/c1-8(2)13-11-5-10(12)6-14(7-11)9(3)4/h8-11,13H,5-7H2,1-4H3. The molecule has 0 aromatic carbocycles. The molecule has 0 radical (unpaired) electrons. The van der Waals surface area contributed by atoms with E-state index in [1.165, 1.54) is 0 Å². The Balaban J connectivity index is 2.45. The molecule has 2 unspecified atom stereocenters. The topological polar surface area (TPSA) is 15.3 Å². The van der Waals surface area contributed by atoms with Gasteiger partial charge in [-0.1, -0.05) is 13.8 Å². The maximum atomic E-state index is 13.4. The highest BCUT2D eigenvalue weighted by atomic mass is 19.1. The number of hydrogen-bond donors (Lipinski definition) is 1. The number of piperidine rings is 1. The van der Waals surface area contributed by atoms with Crippen LogP contribution in [0.25, 0.3) is 0 Å². The van der Waals surface area contributed by atoms with Crippen LogP contribution in [0.4, 0.5) is 4.39 Å². The molecule has 1 heterocycles. The van der Waals surface area contributed by atoms with Gasteiger partial charge in [-0.2, -0.15) is 0 Å². The molecule has 1 fully saturated rings. The molecule has 1 N–H and O–H groups in total. The average Bonchev–Trinajstić information content (AvgIpc) is 2.01. The van der Waals surface area contributed by atoms with Gasteiger partial charge in [-0.15, -0.1) is 0 Å². The zero-order valence-corrected chi connectivity index (χ0v) is 9.76. The van der Waals surface area contributed by atoms with E-state index in [4.69, 9.17) is 0 Å². The first kappa shape index (κ1) is 11.9. The molecule has 1 rings (SSSR count). The van der Waals surface area contributed by atoms with Crippen LogP contribution in [0.3, 0.4) is 0 Å². The molecular formula is C11H23FN2. The van der Waals surface area contributed by atoms with E-state index in [0.717, 1.165) is 6.54 Å². The Labute approximate surface area is 86.9 Å². The van der Waals surface area contributed by atoms with Gasteiger partial charge in [0, 0.05) is 31.2 Å². The zero-order chi connectivity index (χ0) is 10.7. The number of alkyl halides is 1. The highest BCUT2D eigenvalue weighted by Crippen LogP contribution is 2.16. The lowest BCUT2D eigenvalue weighted by Crippen LogP contribution is -2.53. The van der Waals surface area contributed by atoms with Crippen molar-refractivity contribution >= 4 is 0 Å². The normalized spacial score (nSPS) is 30.2. The van der Waals surface area contributed by atoms with E-state index in [1.807, 2.05) is 0 Å². The first-order valence-electron chi connectivity index (χ1n) is 5.63. The molecular weight excluding hydrogens is 179 g/mol. The minimum absolute atomic E-state index is 0.321. The van der Waals surface area contributed by atoms with Crippen LogP contribution in [0, 0.1) is 0 Å². The molecule has 2 atom stereocenters. The second-order valence-corrected chi connectivity index (χ2v) is 4.90. The van der Waals surface area contributed by atoms with Crippen molar-refractivity contribution in [3.8, 4) is 0 Å². The Morgan fingerprint density at radius 2 is 1.86 bits per heavy atom. The van der Waals surface area contributed by atoms with Crippen LogP contribution in [-0.2, 0) is 0 Å². The van der Waals surface area contributed by atoms with Gasteiger partial charge in [-0.25, -0.2) is 4.39 Å². The van der Waals surface area contributed by atoms with Crippen LogP contribution < -0.4 is 5.32 Å². The molecule has 0 amide bonds. The predicted molar refractivity (Wildman–Crippen MR) is 58.3 cm³/mol. The van der Waals surface area contributed by atoms with Gasteiger partial charge in [0.25, 0.3) is 0 Å². The number of rotatable bonds is 3. The number of nitrogens with zero attached hydrogens (tertiary/aromatic N) is 1. The Morgan fingerprint density at radius 3 is 2.36 bits per heavy atom. The summed E-state index contributed by atoms with van der Waals surface area (Å²) in [5.41, 5.74) is 0. The summed E-state index contributed by atoms with van der Waals surface area (Å²) in [6.07, 6.45) is 0.00361. The monoisotopic (exact) mass is 202 g/mol. The maximum Gasteiger partial charge on any atom is 0.114 e. The molecule has 0 spiro atoms. The lowest BCUT2D eigenvalue weighted by molar-refractivity contribution is 0.0850. The lowest BCUT2D eigenvalue weighted by atomic mass is 10.0. The molecule has 1 aliphatic rings. The summed E-state index contributed by atoms with van der Waals surface area (Å²) in [6.45, 7) is 10.1. The highest BCUT2D eigenvalue weighted by Gasteiger charge is 2.28. The number of halogens is 1. The molecule has 2 nitrogen and oxygen atoms in total. The minimum atomic E-state index is -0.664. The van der Waals surface area contributed by atoms with Crippen molar-refractivity contribution in [2.75, 3.05) is 13.1 Å². The Morgan fingerprint density at radius 1 is 1.21 bits per heavy atom. The second-order valence-electron chi connectivity index (χ2n) is 4.90. The van der Waals surface area contributed by atoms with E-state index in [9.17, 15) is 4.39 Å². The fourth-order valence-electron chi connectivity index (χ4n) is 2.08. The number of likely N-dealkylation sites (tertiary alicyclic amines) is 1. The summed E-state index contributed by atoms with van der Waals surface area (Å²) in [5, 5.41) is 3.42. The first-order chi connectivity index (χ1) is 6.49. The molecule has 0 aromatic rings. The van der Waals surface area contributed by atoms with Crippen molar-refractivity contribution in [3.05, 3.63) is 0 Å². The van der Waals surface area contributed by atoms with Crippen molar-refractivity contribution in [2.24, 2.45) is 0 Å². The van der Waals surface area contributed by atoms with Gasteiger partial charge in [0.05, 0.1) is 0 Å². The number of nitrogens with one attached hydrogen (secondary N) is 1. The van der Waals surface area contributed by atoms with E-state index in [-0.39, 0.29) is 0 Å². The first-order valence-corrected chi connectivity index (χ1v) is 5.63. The molecule has 1 aliphatic heterocycles. The van der Waals surface area contributed by atoms with Gasteiger partial charge < -0.3 is 5.32 Å². The summed E-state index contributed by atoms with van der Waals surface area (Å²) < 4.78 is 13.4. The molecule has 0 bridgehead atoms. The van der Waals surface area contributed by atoms with E-state index in [2.05, 4.69) is 37.9 Å². The molecule has 0 saturated carbocycles. The third-order valence-electron chi connectivity index (χ3n) is 2.73. The minimum Gasteiger partial charge on any atom is -0.310 e. The van der Waals surface area contributed by atoms with Crippen LogP contribution in [0.2, 0.25) is 0 Å². The third kappa shape index (κ3) is 3.54. The van der Waals surface area contributed by atoms with Gasteiger partial charge in [0.1, 0.15) is 6.17 Å². The molecule has 0 aromatic heterocycles. The van der Waals surface area contributed by atoms with Gasteiger partial charge in [-0.3, -0.25) is 4.90 Å². The SMILES string of the molecule is CC(C)NC1CC(F)CN(C(C)C)C1. The Hall–Kier alpha value is -0.150. The zero-order valence-electron chi connectivity index (χ0n) is 9.76.